The number of anilines is 1. The molecular formula is C16H25BrN2. The van der Waals surface area contributed by atoms with Gasteiger partial charge in [-0.1, -0.05) is 29.3 Å². The van der Waals surface area contributed by atoms with Crippen LogP contribution < -0.4 is 10.2 Å². The molecule has 1 aliphatic rings. The van der Waals surface area contributed by atoms with E-state index in [0.29, 0.717) is 6.04 Å². The summed E-state index contributed by atoms with van der Waals surface area (Å²) in [5, 5.41) is 3.37. The lowest BCUT2D eigenvalue weighted by Gasteiger charge is -2.29. The Morgan fingerprint density at radius 1 is 1.42 bits per heavy atom. The molecule has 1 atom stereocenters. The molecule has 0 radical (unpaired) electrons. The molecule has 0 aliphatic heterocycles. The first kappa shape index (κ1) is 14.9. The van der Waals surface area contributed by atoms with E-state index in [1.807, 2.05) is 7.05 Å². The summed E-state index contributed by atoms with van der Waals surface area (Å²) in [5.74, 6) is 0. The first-order chi connectivity index (χ1) is 9.17. The molecule has 0 amide bonds. The number of nitrogens with zero attached hydrogens (tertiary/aromatic N) is 1. The Morgan fingerprint density at radius 3 is 2.74 bits per heavy atom. The molecule has 0 spiro atoms. The molecule has 1 N–H and O–H groups in total. The first-order valence-electron chi connectivity index (χ1n) is 7.40. The van der Waals surface area contributed by atoms with E-state index in [4.69, 9.17) is 0 Å². The Kier molecular flexibility index (Phi) is 5.28. The molecule has 1 aromatic rings. The molecule has 0 aromatic heterocycles. The summed E-state index contributed by atoms with van der Waals surface area (Å²) in [6.45, 7) is 5.69. The highest BCUT2D eigenvalue weighted by molar-refractivity contribution is 9.10. The molecule has 1 aliphatic carbocycles. The van der Waals surface area contributed by atoms with E-state index in [-0.39, 0.29) is 0 Å². The molecule has 2 rings (SSSR count). The minimum atomic E-state index is 0.385. The van der Waals surface area contributed by atoms with Gasteiger partial charge in [0.25, 0.3) is 0 Å². The summed E-state index contributed by atoms with van der Waals surface area (Å²) >= 11 is 3.60. The van der Waals surface area contributed by atoms with Gasteiger partial charge < -0.3 is 10.2 Å². The van der Waals surface area contributed by atoms with Crippen molar-refractivity contribution in [3.8, 4) is 0 Å². The smallest absolute Gasteiger partial charge is 0.0417 e. The Bertz CT molecular complexity index is 415. The summed E-state index contributed by atoms with van der Waals surface area (Å²) in [7, 11) is 2.03. The van der Waals surface area contributed by atoms with Crippen LogP contribution in [0.2, 0.25) is 0 Å². The van der Waals surface area contributed by atoms with Gasteiger partial charge in [-0.05, 0) is 57.0 Å². The Labute approximate surface area is 125 Å². The molecule has 0 bridgehead atoms. The van der Waals surface area contributed by atoms with Crippen molar-refractivity contribution in [3.63, 3.8) is 0 Å². The van der Waals surface area contributed by atoms with Crippen LogP contribution in [-0.4, -0.2) is 19.6 Å². The molecule has 0 heterocycles. The Morgan fingerprint density at radius 2 is 2.16 bits per heavy atom. The Hall–Kier alpha value is -0.540. The van der Waals surface area contributed by atoms with Crippen molar-refractivity contribution in [1.82, 2.24) is 5.32 Å². The van der Waals surface area contributed by atoms with E-state index in [9.17, 15) is 0 Å². The van der Waals surface area contributed by atoms with Crippen molar-refractivity contribution in [2.75, 3.05) is 18.5 Å². The van der Waals surface area contributed by atoms with E-state index in [1.54, 1.807) is 0 Å². The molecule has 19 heavy (non-hydrogen) atoms. The minimum Gasteiger partial charge on any atom is -0.368 e. The fourth-order valence-electron chi connectivity index (χ4n) is 2.50. The third kappa shape index (κ3) is 3.73. The minimum absolute atomic E-state index is 0.385. The predicted molar refractivity (Wildman–Crippen MR) is 86.9 cm³/mol. The number of rotatable bonds is 7. The summed E-state index contributed by atoms with van der Waals surface area (Å²) < 4.78 is 1.17. The van der Waals surface area contributed by atoms with Crippen LogP contribution >= 0.6 is 15.9 Å². The second-order valence-electron chi connectivity index (χ2n) is 5.49. The number of halogens is 1. The van der Waals surface area contributed by atoms with Gasteiger partial charge in [-0.2, -0.15) is 0 Å². The van der Waals surface area contributed by atoms with E-state index in [0.717, 1.165) is 6.04 Å². The normalized spacial score (nSPS) is 16.4. The van der Waals surface area contributed by atoms with E-state index in [2.05, 4.69) is 58.2 Å². The summed E-state index contributed by atoms with van der Waals surface area (Å²) in [5.41, 5.74) is 2.82. The quantitative estimate of drug-likeness (QED) is 0.794. The summed E-state index contributed by atoms with van der Waals surface area (Å²) in [4.78, 5) is 2.62. The lowest BCUT2D eigenvalue weighted by atomic mass is 10.0. The van der Waals surface area contributed by atoms with Gasteiger partial charge in [-0.15, -0.1) is 0 Å². The molecule has 2 nitrogen and oxygen atoms in total. The van der Waals surface area contributed by atoms with Crippen molar-refractivity contribution < 1.29 is 0 Å². The molecule has 1 saturated carbocycles. The monoisotopic (exact) mass is 324 g/mol. The molecule has 1 unspecified atom stereocenters. The number of hydrogen-bond donors (Lipinski definition) is 1. The fourth-order valence-corrected chi connectivity index (χ4v) is 2.88. The zero-order valence-electron chi connectivity index (χ0n) is 12.2. The molecule has 106 valence electrons. The van der Waals surface area contributed by atoms with Gasteiger partial charge in [0.05, 0.1) is 0 Å². The predicted octanol–water partition coefficient (Wildman–Crippen LogP) is 4.50. The van der Waals surface area contributed by atoms with E-state index in [1.165, 1.54) is 48.0 Å². The highest BCUT2D eigenvalue weighted by Crippen LogP contribution is 2.37. The summed E-state index contributed by atoms with van der Waals surface area (Å²) in [6, 6.07) is 7.87. The van der Waals surface area contributed by atoms with E-state index < -0.39 is 0 Å². The zero-order chi connectivity index (χ0) is 13.8. The van der Waals surface area contributed by atoms with Crippen LogP contribution in [0.3, 0.4) is 0 Å². The molecule has 3 heteroatoms. The second kappa shape index (κ2) is 6.76. The van der Waals surface area contributed by atoms with Gasteiger partial charge in [0, 0.05) is 28.8 Å². The average Bonchev–Trinajstić information content (AvgIpc) is 3.24. The van der Waals surface area contributed by atoms with Gasteiger partial charge in [-0.3, -0.25) is 0 Å². The standard InChI is InChI=1S/C16H25BrN2/c1-4-5-10-19(14-7-8-14)16-9-6-13(17)11-15(16)12(2)18-3/h6,9,11-12,14,18H,4-5,7-8,10H2,1-3H3. The molecule has 1 fully saturated rings. The summed E-state index contributed by atoms with van der Waals surface area (Å²) in [6.07, 6.45) is 5.25. The fraction of sp³-hybridized carbons (Fsp3) is 0.625. The second-order valence-corrected chi connectivity index (χ2v) is 6.41. The highest BCUT2D eigenvalue weighted by atomic mass is 79.9. The topological polar surface area (TPSA) is 15.3 Å². The molecular weight excluding hydrogens is 300 g/mol. The average molecular weight is 325 g/mol. The lowest BCUT2D eigenvalue weighted by Crippen LogP contribution is -2.29. The van der Waals surface area contributed by atoms with Crippen molar-refractivity contribution in [2.45, 2.75) is 51.6 Å². The highest BCUT2D eigenvalue weighted by Gasteiger charge is 2.30. The maximum atomic E-state index is 3.60. The van der Waals surface area contributed by atoms with Crippen LogP contribution in [0.4, 0.5) is 5.69 Å². The van der Waals surface area contributed by atoms with Crippen LogP contribution in [0, 0.1) is 0 Å². The van der Waals surface area contributed by atoms with Crippen LogP contribution in [-0.2, 0) is 0 Å². The van der Waals surface area contributed by atoms with E-state index >= 15 is 0 Å². The van der Waals surface area contributed by atoms with Crippen molar-refractivity contribution in [2.24, 2.45) is 0 Å². The van der Waals surface area contributed by atoms with Gasteiger partial charge in [0.1, 0.15) is 0 Å². The number of benzene rings is 1. The van der Waals surface area contributed by atoms with Crippen LogP contribution in [0.1, 0.15) is 51.1 Å². The SMILES string of the molecule is CCCCN(c1ccc(Br)cc1C(C)NC)C1CC1. The van der Waals surface area contributed by atoms with Gasteiger partial charge in [0.2, 0.25) is 0 Å². The van der Waals surface area contributed by atoms with Crippen molar-refractivity contribution >= 4 is 21.6 Å². The molecule has 0 saturated heterocycles. The van der Waals surface area contributed by atoms with Crippen molar-refractivity contribution in [3.05, 3.63) is 28.2 Å². The van der Waals surface area contributed by atoms with Crippen LogP contribution in [0.15, 0.2) is 22.7 Å². The largest absolute Gasteiger partial charge is 0.368 e. The van der Waals surface area contributed by atoms with Crippen LogP contribution in [0.5, 0.6) is 0 Å². The van der Waals surface area contributed by atoms with Crippen LogP contribution in [0.25, 0.3) is 0 Å². The zero-order valence-corrected chi connectivity index (χ0v) is 13.8. The maximum absolute atomic E-state index is 3.60. The number of nitrogens with one attached hydrogen (secondary N) is 1. The maximum Gasteiger partial charge on any atom is 0.0417 e. The molecule has 1 aromatic carbocycles. The first-order valence-corrected chi connectivity index (χ1v) is 8.20. The van der Waals surface area contributed by atoms with Crippen molar-refractivity contribution in [1.29, 1.82) is 0 Å². The lowest BCUT2D eigenvalue weighted by molar-refractivity contribution is 0.640. The third-order valence-electron chi connectivity index (χ3n) is 3.94. The third-order valence-corrected chi connectivity index (χ3v) is 4.43. The number of unbranched alkanes of at least 4 members (excludes halogenated alkanes) is 1. The number of hydrogen-bond acceptors (Lipinski definition) is 2. The van der Waals surface area contributed by atoms with Gasteiger partial charge >= 0.3 is 0 Å². The Balaban J connectivity index is 2.29. The van der Waals surface area contributed by atoms with Gasteiger partial charge in [-0.25, -0.2) is 0 Å². The van der Waals surface area contributed by atoms with Gasteiger partial charge in [0.15, 0.2) is 0 Å².